The van der Waals surface area contributed by atoms with Crippen LogP contribution in [0.2, 0.25) is 0 Å². The predicted octanol–water partition coefficient (Wildman–Crippen LogP) is 7.90. The summed E-state index contributed by atoms with van der Waals surface area (Å²) < 4.78 is 6.34. The molecule has 0 aliphatic heterocycles. The van der Waals surface area contributed by atoms with E-state index in [1.54, 1.807) is 0 Å². The summed E-state index contributed by atoms with van der Waals surface area (Å²) in [6.45, 7) is 2.35. The third kappa shape index (κ3) is 3.12. The van der Waals surface area contributed by atoms with Gasteiger partial charge in [0.25, 0.3) is 0 Å². The van der Waals surface area contributed by atoms with Crippen molar-refractivity contribution in [2.75, 3.05) is 0 Å². The Bertz CT molecular complexity index is 2090. The molecule has 6 aromatic rings. The van der Waals surface area contributed by atoms with Crippen molar-refractivity contribution in [1.82, 2.24) is 0 Å². The lowest BCUT2D eigenvalue weighted by molar-refractivity contribution is 0.597. The van der Waals surface area contributed by atoms with Crippen LogP contribution < -0.4 is 10.4 Å². The number of hydrogen-bond acceptors (Lipinski definition) is 1. The molecular formula is C37H26O. The Morgan fingerprint density at radius 3 is 2.16 bits per heavy atom. The highest BCUT2D eigenvalue weighted by atomic mass is 16.3. The molecule has 2 aliphatic carbocycles. The van der Waals surface area contributed by atoms with Crippen molar-refractivity contribution in [3.63, 3.8) is 0 Å². The summed E-state index contributed by atoms with van der Waals surface area (Å²) in [5.41, 5.74) is 8.59. The molecule has 0 spiro atoms. The Morgan fingerprint density at radius 2 is 1.32 bits per heavy atom. The third-order valence-corrected chi connectivity index (χ3v) is 8.35. The number of hydrogen-bond donors (Lipinski definition) is 0. The van der Waals surface area contributed by atoms with Crippen LogP contribution in [0.3, 0.4) is 0 Å². The highest BCUT2D eigenvalue weighted by Gasteiger charge is 2.33. The topological polar surface area (TPSA) is 13.1 Å². The van der Waals surface area contributed by atoms with Crippen molar-refractivity contribution >= 4 is 43.9 Å². The molecule has 1 aromatic heterocycles. The van der Waals surface area contributed by atoms with Crippen molar-refractivity contribution in [3.05, 3.63) is 155 Å². The van der Waals surface area contributed by atoms with Crippen LogP contribution >= 0.6 is 0 Å². The van der Waals surface area contributed by atoms with Crippen LogP contribution in [0.5, 0.6) is 0 Å². The first kappa shape index (κ1) is 21.5. The van der Waals surface area contributed by atoms with Crippen LogP contribution in [0, 0.1) is 11.8 Å². The predicted molar refractivity (Wildman–Crippen MR) is 158 cm³/mol. The van der Waals surface area contributed by atoms with Gasteiger partial charge < -0.3 is 4.42 Å². The van der Waals surface area contributed by atoms with Crippen LogP contribution in [-0.4, -0.2) is 0 Å². The average molecular weight is 487 g/mol. The van der Waals surface area contributed by atoms with Gasteiger partial charge in [0.1, 0.15) is 11.2 Å². The highest BCUT2D eigenvalue weighted by Crippen LogP contribution is 2.44. The first-order valence-corrected chi connectivity index (χ1v) is 13.4. The quantitative estimate of drug-likeness (QED) is 0.242. The first-order valence-electron chi connectivity index (χ1n) is 13.4. The van der Waals surface area contributed by atoms with Gasteiger partial charge in [-0.05, 0) is 79.2 Å². The van der Waals surface area contributed by atoms with E-state index in [0.717, 1.165) is 11.2 Å². The lowest BCUT2D eigenvalue weighted by atomic mass is 9.68. The highest BCUT2D eigenvalue weighted by molar-refractivity contribution is 6.10. The van der Waals surface area contributed by atoms with Gasteiger partial charge >= 0.3 is 0 Å². The van der Waals surface area contributed by atoms with Crippen LogP contribution in [0.15, 0.2) is 137 Å². The number of benzene rings is 5. The summed E-state index contributed by atoms with van der Waals surface area (Å²) in [6, 6.07) is 39.5. The molecule has 0 saturated carbocycles. The maximum atomic E-state index is 6.34. The number of rotatable bonds is 2. The summed E-state index contributed by atoms with van der Waals surface area (Å²) in [6.07, 6.45) is 6.92. The van der Waals surface area contributed by atoms with E-state index in [1.807, 2.05) is 0 Å². The molecular weight excluding hydrogens is 460 g/mol. The number of fused-ring (bicyclic) bond motifs is 6. The molecule has 0 N–H and O–H groups in total. The summed E-state index contributed by atoms with van der Waals surface area (Å²) in [7, 11) is 0. The smallest absolute Gasteiger partial charge is 0.136 e. The van der Waals surface area contributed by atoms with Gasteiger partial charge in [-0.2, -0.15) is 0 Å². The van der Waals surface area contributed by atoms with Gasteiger partial charge in [0.2, 0.25) is 0 Å². The molecule has 38 heavy (non-hydrogen) atoms. The van der Waals surface area contributed by atoms with E-state index in [4.69, 9.17) is 4.42 Å². The zero-order valence-corrected chi connectivity index (χ0v) is 21.2. The maximum Gasteiger partial charge on any atom is 0.136 e. The molecule has 1 heteroatoms. The Morgan fingerprint density at radius 1 is 0.605 bits per heavy atom. The van der Waals surface area contributed by atoms with E-state index in [-0.39, 0.29) is 5.92 Å². The van der Waals surface area contributed by atoms with E-state index >= 15 is 0 Å². The molecule has 0 saturated heterocycles. The van der Waals surface area contributed by atoms with Crippen molar-refractivity contribution in [2.24, 2.45) is 11.8 Å². The summed E-state index contributed by atoms with van der Waals surface area (Å²) >= 11 is 0. The first-order chi connectivity index (χ1) is 18.8. The molecule has 1 nitrogen and oxygen atoms in total. The molecule has 8 rings (SSSR count). The van der Waals surface area contributed by atoms with Gasteiger partial charge in [0, 0.05) is 16.7 Å². The summed E-state index contributed by atoms with van der Waals surface area (Å²) in [4.78, 5) is 0. The van der Waals surface area contributed by atoms with Crippen molar-refractivity contribution in [1.29, 1.82) is 0 Å². The van der Waals surface area contributed by atoms with E-state index < -0.39 is 0 Å². The van der Waals surface area contributed by atoms with Gasteiger partial charge in [0.15, 0.2) is 0 Å². The van der Waals surface area contributed by atoms with E-state index in [1.165, 1.54) is 59.8 Å². The van der Waals surface area contributed by atoms with Crippen molar-refractivity contribution in [2.45, 2.75) is 6.92 Å². The van der Waals surface area contributed by atoms with Crippen molar-refractivity contribution < 1.29 is 4.42 Å². The Balaban J connectivity index is 1.47. The molecule has 2 atom stereocenters. The molecule has 2 aliphatic rings. The van der Waals surface area contributed by atoms with Gasteiger partial charge in [-0.3, -0.25) is 0 Å². The van der Waals surface area contributed by atoms with Crippen LogP contribution in [0.1, 0.15) is 18.1 Å². The minimum Gasteiger partial charge on any atom is -0.456 e. The maximum absolute atomic E-state index is 6.34. The van der Waals surface area contributed by atoms with Crippen molar-refractivity contribution in [3.8, 4) is 0 Å². The van der Waals surface area contributed by atoms with Gasteiger partial charge in [-0.25, -0.2) is 0 Å². The monoisotopic (exact) mass is 486 g/mol. The second-order valence-corrected chi connectivity index (χ2v) is 10.6. The Kier molecular flexibility index (Phi) is 4.63. The zero-order chi connectivity index (χ0) is 25.2. The molecule has 180 valence electrons. The lowest BCUT2D eigenvalue weighted by Gasteiger charge is -2.35. The second-order valence-electron chi connectivity index (χ2n) is 10.6. The fraction of sp³-hybridized carbons (Fsp3) is 0.0811. The lowest BCUT2D eigenvalue weighted by Crippen LogP contribution is -2.39. The Labute approximate surface area is 221 Å². The molecule has 0 radical (unpaired) electrons. The van der Waals surface area contributed by atoms with E-state index in [0.29, 0.717) is 5.92 Å². The summed E-state index contributed by atoms with van der Waals surface area (Å²) in [5.74, 6) is 0.666. The second kappa shape index (κ2) is 8.19. The van der Waals surface area contributed by atoms with Crippen LogP contribution in [-0.2, 0) is 0 Å². The molecule has 2 unspecified atom stereocenters. The van der Waals surface area contributed by atoms with Gasteiger partial charge in [-0.15, -0.1) is 0 Å². The van der Waals surface area contributed by atoms with Gasteiger partial charge in [0.05, 0.1) is 0 Å². The molecule has 0 bridgehead atoms. The normalized spacial score (nSPS) is 18.6. The fourth-order valence-electron chi connectivity index (χ4n) is 6.64. The number of furan rings is 1. The SMILES string of the molecule is CC1C=CC=C2C(c3ccccc3)=c3ccccc3=C(c3ccc4oc5cc6ccccc6cc5c4c3)C21. The zero-order valence-electron chi connectivity index (χ0n) is 21.2. The van der Waals surface area contributed by atoms with Gasteiger partial charge in [-0.1, -0.05) is 110 Å². The minimum absolute atomic E-state index is 0.279. The Hall–Kier alpha value is -4.62. The average Bonchev–Trinajstić information content (AvgIpc) is 3.32. The van der Waals surface area contributed by atoms with Crippen LogP contribution in [0.25, 0.3) is 43.9 Å². The largest absolute Gasteiger partial charge is 0.456 e. The molecule has 1 heterocycles. The molecule has 0 amide bonds. The molecule has 0 fully saturated rings. The summed E-state index contributed by atoms with van der Waals surface area (Å²) in [5, 5.41) is 7.43. The number of allylic oxidation sites excluding steroid dienone is 4. The minimum atomic E-state index is 0.279. The third-order valence-electron chi connectivity index (χ3n) is 8.35. The van der Waals surface area contributed by atoms with E-state index in [9.17, 15) is 0 Å². The van der Waals surface area contributed by atoms with Crippen LogP contribution in [0.4, 0.5) is 0 Å². The fourth-order valence-corrected chi connectivity index (χ4v) is 6.64. The molecule has 5 aromatic carbocycles. The van der Waals surface area contributed by atoms with E-state index in [2.05, 4.69) is 134 Å². The standard InChI is InChI=1S/C37H26O/c1-23-10-9-17-30-35(23)37(29-16-8-7-15-28(29)36(30)24-11-3-2-4-12-24)27-18-19-33-31(21-27)32-20-25-13-5-6-14-26(25)22-34(32)38-33/h2-23,35H,1H3.